The van der Waals surface area contributed by atoms with E-state index in [-0.39, 0.29) is 11.6 Å². The smallest absolute Gasteiger partial charge is 0.0524 e. The Bertz CT molecular complexity index is 223. The van der Waals surface area contributed by atoms with Crippen molar-refractivity contribution in [2.45, 2.75) is 70.9 Å². The average Bonchev–Trinajstić information content (AvgIpc) is 2.39. The van der Waals surface area contributed by atoms with Crippen molar-refractivity contribution in [2.75, 3.05) is 19.6 Å². The minimum absolute atomic E-state index is 0.204. The summed E-state index contributed by atoms with van der Waals surface area (Å²) in [4.78, 5) is 2.52. The van der Waals surface area contributed by atoms with E-state index < -0.39 is 0 Å². The van der Waals surface area contributed by atoms with Gasteiger partial charge in [0.1, 0.15) is 0 Å². The molecule has 0 amide bonds. The molecule has 0 aromatic carbocycles. The first-order valence-corrected chi connectivity index (χ1v) is 7.71. The monoisotopic (exact) mass is 256 g/mol. The first-order valence-electron chi connectivity index (χ1n) is 7.71. The summed E-state index contributed by atoms with van der Waals surface area (Å²) in [5.41, 5.74) is 6.31. The predicted octanol–water partition coefficient (Wildman–Crippen LogP) is 2.38. The van der Waals surface area contributed by atoms with E-state index in [1.54, 1.807) is 0 Å². The van der Waals surface area contributed by atoms with E-state index in [0.717, 1.165) is 32.0 Å². The van der Waals surface area contributed by atoms with Crippen LogP contribution >= 0.6 is 0 Å². The van der Waals surface area contributed by atoms with Crippen LogP contribution in [0.3, 0.4) is 0 Å². The highest BCUT2D eigenvalue weighted by atomic mass is 16.3. The molecule has 0 bridgehead atoms. The number of rotatable bonds is 7. The van der Waals surface area contributed by atoms with Crippen LogP contribution in [0.1, 0.15) is 59.3 Å². The first-order chi connectivity index (χ1) is 8.57. The van der Waals surface area contributed by atoms with E-state index in [0.29, 0.717) is 0 Å². The molecule has 0 aromatic rings. The molecule has 0 radical (unpaired) electrons. The highest BCUT2D eigenvalue weighted by molar-refractivity contribution is 4.95. The van der Waals surface area contributed by atoms with Gasteiger partial charge in [0.2, 0.25) is 0 Å². The lowest BCUT2D eigenvalue weighted by Gasteiger charge is -2.47. The SMILES string of the molecule is CCC1CCC(CN)(N(CC)CCC(C)O)CC1. The van der Waals surface area contributed by atoms with Gasteiger partial charge in [-0.3, -0.25) is 4.90 Å². The zero-order chi connectivity index (χ0) is 13.6. The normalized spacial score (nSPS) is 30.7. The number of aliphatic hydroxyl groups is 1. The molecular formula is C15H32N2O. The lowest BCUT2D eigenvalue weighted by molar-refractivity contribution is 0.0343. The number of nitrogens with two attached hydrogens (primary N) is 1. The van der Waals surface area contributed by atoms with Crippen LogP contribution in [0.15, 0.2) is 0 Å². The van der Waals surface area contributed by atoms with Gasteiger partial charge in [-0.2, -0.15) is 0 Å². The highest BCUT2D eigenvalue weighted by Gasteiger charge is 2.37. The second-order valence-corrected chi connectivity index (χ2v) is 6.00. The molecule has 0 saturated heterocycles. The van der Waals surface area contributed by atoms with Crippen LogP contribution in [0.2, 0.25) is 0 Å². The Hall–Kier alpha value is -0.120. The van der Waals surface area contributed by atoms with Crippen molar-refractivity contribution in [1.29, 1.82) is 0 Å². The van der Waals surface area contributed by atoms with Gasteiger partial charge in [-0.25, -0.2) is 0 Å². The fourth-order valence-corrected chi connectivity index (χ4v) is 3.35. The Morgan fingerprint density at radius 1 is 1.33 bits per heavy atom. The van der Waals surface area contributed by atoms with Crippen LogP contribution in [-0.4, -0.2) is 41.3 Å². The number of hydrogen-bond acceptors (Lipinski definition) is 3. The van der Waals surface area contributed by atoms with E-state index >= 15 is 0 Å². The predicted molar refractivity (Wildman–Crippen MR) is 77.6 cm³/mol. The van der Waals surface area contributed by atoms with Crippen LogP contribution in [0, 0.1) is 5.92 Å². The Morgan fingerprint density at radius 2 is 1.94 bits per heavy atom. The molecule has 3 N–H and O–H groups in total. The van der Waals surface area contributed by atoms with Gasteiger partial charge in [-0.15, -0.1) is 0 Å². The number of hydrogen-bond donors (Lipinski definition) is 2. The Kier molecular flexibility index (Phi) is 6.61. The standard InChI is InChI=1S/C15H32N2O/c1-4-14-6-9-15(12-16,10-7-14)17(5-2)11-8-13(3)18/h13-14,18H,4-12,16H2,1-3H3. The van der Waals surface area contributed by atoms with Crippen molar-refractivity contribution in [3.8, 4) is 0 Å². The zero-order valence-corrected chi connectivity index (χ0v) is 12.5. The Morgan fingerprint density at radius 3 is 2.33 bits per heavy atom. The summed E-state index contributed by atoms with van der Waals surface area (Å²) in [7, 11) is 0. The Labute approximate surface area is 113 Å². The van der Waals surface area contributed by atoms with Crippen molar-refractivity contribution in [2.24, 2.45) is 11.7 Å². The largest absolute Gasteiger partial charge is 0.393 e. The van der Waals surface area contributed by atoms with Gasteiger partial charge in [0.15, 0.2) is 0 Å². The van der Waals surface area contributed by atoms with E-state index in [9.17, 15) is 5.11 Å². The fourth-order valence-electron chi connectivity index (χ4n) is 3.35. The maximum Gasteiger partial charge on any atom is 0.0524 e. The van der Waals surface area contributed by atoms with Crippen molar-refractivity contribution >= 4 is 0 Å². The van der Waals surface area contributed by atoms with Crippen LogP contribution in [0.5, 0.6) is 0 Å². The van der Waals surface area contributed by atoms with Gasteiger partial charge < -0.3 is 10.8 Å². The topological polar surface area (TPSA) is 49.5 Å². The summed E-state index contributed by atoms with van der Waals surface area (Å²) < 4.78 is 0. The molecule has 1 saturated carbocycles. The zero-order valence-electron chi connectivity index (χ0n) is 12.5. The van der Waals surface area contributed by atoms with E-state index in [1.165, 1.54) is 32.1 Å². The average molecular weight is 256 g/mol. The van der Waals surface area contributed by atoms with Crippen LogP contribution in [0.25, 0.3) is 0 Å². The molecule has 18 heavy (non-hydrogen) atoms. The molecular weight excluding hydrogens is 224 g/mol. The third kappa shape index (κ3) is 3.94. The van der Waals surface area contributed by atoms with Crippen molar-refractivity contribution in [3.63, 3.8) is 0 Å². The molecule has 1 aliphatic carbocycles. The molecule has 1 atom stereocenters. The van der Waals surface area contributed by atoms with E-state index in [4.69, 9.17) is 5.73 Å². The summed E-state index contributed by atoms with van der Waals surface area (Å²) in [6.07, 6.45) is 7.05. The number of aliphatic hydroxyl groups excluding tert-OH is 1. The number of nitrogens with zero attached hydrogens (tertiary/aromatic N) is 1. The lowest BCUT2D eigenvalue weighted by Crippen LogP contribution is -2.56. The van der Waals surface area contributed by atoms with Crippen molar-refractivity contribution in [3.05, 3.63) is 0 Å². The minimum Gasteiger partial charge on any atom is -0.393 e. The second-order valence-electron chi connectivity index (χ2n) is 6.00. The molecule has 108 valence electrons. The fraction of sp³-hybridized carbons (Fsp3) is 1.00. The maximum atomic E-state index is 9.47. The third-order valence-corrected chi connectivity index (χ3v) is 4.86. The molecule has 0 spiro atoms. The van der Waals surface area contributed by atoms with Gasteiger partial charge in [0.25, 0.3) is 0 Å². The molecule has 1 rings (SSSR count). The first kappa shape index (κ1) is 15.9. The highest BCUT2D eigenvalue weighted by Crippen LogP contribution is 2.37. The van der Waals surface area contributed by atoms with Gasteiger partial charge in [0, 0.05) is 18.6 Å². The van der Waals surface area contributed by atoms with Gasteiger partial charge in [0.05, 0.1) is 6.10 Å². The Balaban J connectivity index is 2.61. The van der Waals surface area contributed by atoms with Crippen LogP contribution in [0.4, 0.5) is 0 Å². The van der Waals surface area contributed by atoms with Crippen LogP contribution < -0.4 is 5.73 Å². The van der Waals surface area contributed by atoms with Crippen molar-refractivity contribution in [1.82, 2.24) is 4.90 Å². The van der Waals surface area contributed by atoms with Gasteiger partial charge in [-0.05, 0) is 51.5 Å². The van der Waals surface area contributed by atoms with Crippen molar-refractivity contribution < 1.29 is 5.11 Å². The summed E-state index contributed by atoms with van der Waals surface area (Å²) >= 11 is 0. The summed E-state index contributed by atoms with van der Waals surface area (Å²) in [5, 5.41) is 9.47. The molecule has 1 fully saturated rings. The molecule has 0 aliphatic heterocycles. The molecule has 0 aromatic heterocycles. The summed E-state index contributed by atoms with van der Waals surface area (Å²) in [6, 6.07) is 0. The quantitative estimate of drug-likeness (QED) is 0.735. The molecule has 3 nitrogen and oxygen atoms in total. The summed E-state index contributed by atoms with van der Waals surface area (Å²) in [5.74, 6) is 0.903. The van der Waals surface area contributed by atoms with Gasteiger partial charge >= 0.3 is 0 Å². The van der Waals surface area contributed by atoms with Gasteiger partial charge in [-0.1, -0.05) is 20.3 Å². The molecule has 1 unspecified atom stereocenters. The molecule has 3 heteroatoms. The molecule has 1 aliphatic rings. The summed E-state index contributed by atoms with van der Waals surface area (Å²) in [6.45, 7) is 9.16. The number of likely N-dealkylation sites (N-methyl/N-ethyl adjacent to an activating group) is 1. The van der Waals surface area contributed by atoms with Crippen LogP contribution in [-0.2, 0) is 0 Å². The maximum absolute atomic E-state index is 9.47. The van der Waals surface area contributed by atoms with E-state index in [1.807, 2.05) is 6.92 Å². The minimum atomic E-state index is -0.208. The second kappa shape index (κ2) is 7.46. The van der Waals surface area contributed by atoms with E-state index in [2.05, 4.69) is 18.7 Å². The molecule has 0 heterocycles. The third-order valence-electron chi connectivity index (χ3n) is 4.86. The lowest BCUT2D eigenvalue weighted by atomic mass is 9.74.